The first-order chi connectivity index (χ1) is 11.6. The van der Waals surface area contributed by atoms with E-state index in [1.807, 2.05) is 86.6 Å². The first-order valence-electron chi connectivity index (χ1n) is 8.20. The third-order valence-corrected chi connectivity index (χ3v) is 6.05. The molecule has 0 aromatic heterocycles. The average molecular weight is 347 g/mol. The summed E-state index contributed by atoms with van der Waals surface area (Å²) < 4.78 is 25.2. The summed E-state index contributed by atoms with van der Waals surface area (Å²) >= 11 is 0. The maximum Gasteiger partial charge on any atom is 0.342 e. The van der Waals surface area contributed by atoms with Crippen molar-refractivity contribution in [2.24, 2.45) is 0 Å². The third-order valence-electron chi connectivity index (χ3n) is 3.67. The smallest absolute Gasteiger partial charge is 0.308 e. The molecule has 0 saturated heterocycles. The van der Waals surface area contributed by atoms with Gasteiger partial charge in [0.2, 0.25) is 0 Å². The standard InChI is InChI=1S/C19H26NO3P/c1-4-22-24(21,23-16-15-20(2)3)19(17-11-7-5-8-12-17)18-13-9-6-10-14-18/h5-14,19H,4,15-16H2,1-3H3/t24-/m0/s1. The van der Waals surface area contributed by atoms with Gasteiger partial charge in [-0.3, -0.25) is 4.57 Å². The Labute approximate surface area is 144 Å². The molecule has 0 aliphatic rings. The first-order valence-corrected chi connectivity index (χ1v) is 9.81. The van der Waals surface area contributed by atoms with Crippen LogP contribution < -0.4 is 0 Å². The zero-order valence-corrected chi connectivity index (χ0v) is 15.5. The molecule has 2 aromatic rings. The Balaban J connectivity index is 2.40. The highest BCUT2D eigenvalue weighted by Crippen LogP contribution is 2.63. The molecule has 130 valence electrons. The van der Waals surface area contributed by atoms with Gasteiger partial charge in [-0.05, 0) is 32.1 Å². The molecule has 0 radical (unpaired) electrons. The summed E-state index contributed by atoms with van der Waals surface area (Å²) in [6.07, 6.45) is 0. The van der Waals surface area contributed by atoms with Gasteiger partial charge in [-0.15, -0.1) is 0 Å². The number of nitrogens with zero attached hydrogens (tertiary/aromatic N) is 1. The first kappa shape index (κ1) is 18.9. The summed E-state index contributed by atoms with van der Waals surface area (Å²) in [4.78, 5) is 2.00. The molecule has 0 amide bonds. The van der Waals surface area contributed by atoms with Crippen LogP contribution in [0.4, 0.5) is 0 Å². The van der Waals surface area contributed by atoms with Crippen LogP contribution in [0.15, 0.2) is 60.7 Å². The van der Waals surface area contributed by atoms with Crippen molar-refractivity contribution in [3.05, 3.63) is 71.8 Å². The molecule has 0 fully saturated rings. The van der Waals surface area contributed by atoms with E-state index in [9.17, 15) is 4.57 Å². The maximum atomic E-state index is 13.6. The molecule has 0 unspecified atom stereocenters. The predicted octanol–water partition coefficient (Wildman–Crippen LogP) is 4.58. The van der Waals surface area contributed by atoms with Crippen LogP contribution in [0.5, 0.6) is 0 Å². The van der Waals surface area contributed by atoms with Crippen molar-refractivity contribution in [1.29, 1.82) is 0 Å². The Kier molecular flexibility index (Phi) is 7.19. The fourth-order valence-corrected chi connectivity index (χ4v) is 4.69. The molecule has 4 nitrogen and oxygen atoms in total. The van der Waals surface area contributed by atoms with Gasteiger partial charge in [0.05, 0.1) is 13.2 Å². The third kappa shape index (κ3) is 5.02. The van der Waals surface area contributed by atoms with Crippen LogP contribution >= 0.6 is 7.60 Å². The van der Waals surface area contributed by atoms with Crippen LogP contribution in [-0.2, 0) is 13.6 Å². The minimum Gasteiger partial charge on any atom is -0.308 e. The number of hydrogen-bond acceptors (Lipinski definition) is 4. The molecule has 1 atom stereocenters. The summed E-state index contributed by atoms with van der Waals surface area (Å²) in [6, 6.07) is 19.6. The highest BCUT2D eigenvalue weighted by Gasteiger charge is 2.38. The lowest BCUT2D eigenvalue weighted by Gasteiger charge is -2.28. The lowest BCUT2D eigenvalue weighted by molar-refractivity contribution is 0.190. The van der Waals surface area contributed by atoms with E-state index >= 15 is 0 Å². The van der Waals surface area contributed by atoms with Crippen molar-refractivity contribution in [3.8, 4) is 0 Å². The molecule has 0 aliphatic heterocycles. The second kappa shape index (κ2) is 9.14. The van der Waals surface area contributed by atoms with Crippen molar-refractivity contribution in [1.82, 2.24) is 4.90 Å². The molecule has 0 spiro atoms. The lowest BCUT2D eigenvalue weighted by atomic mass is 10.0. The van der Waals surface area contributed by atoms with Crippen molar-refractivity contribution in [2.75, 3.05) is 33.9 Å². The molecule has 0 N–H and O–H groups in total. The number of likely N-dealkylation sites (N-methyl/N-ethyl adjacent to an activating group) is 1. The second-order valence-electron chi connectivity index (χ2n) is 5.82. The predicted molar refractivity (Wildman–Crippen MR) is 98.5 cm³/mol. The van der Waals surface area contributed by atoms with Gasteiger partial charge >= 0.3 is 7.60 Å². The molecule has 0 saturated carbocycles. The Morgan fingerprint density at radius 1 is 0.917 bits per heavy atom. The van der Waals surface area contributed by atoms with Gasteiger partial charge in [0.25, 0.3) is 0 Å². The Hall–Kier alpha value is -1.45. The molecule has 0 heterocycles. The molecule has 5 heteroatoms. The van der Waals surface area contributed by atoms with E-state index in [1.165, 1.54) is 0 Å². The normalized spacial score (nSPS) is 14.0. The Bertz CT molecular complexity index is 607. The van der Waals surface area contributed by atoms with E-state index in [1.54, 1.807) is 0 Å². The summed E-state index contributed by atoms with van der Waals surface area (Å²) in [6.45, 7) is 3.23. The summed E-state index contributed by atoms with van der Waals surface area (Å²) in [5.41, 5.74) is 1.44. The molecule has 0 aliphatic carbocycles. The lowest BCUT2D eigenvalue weighted by Crippen LogP contribution is -2.19. The molecule has 24 heavy (non-hydrogen) atoms. The van der Waals surface area contributed by atoms with Gasteiger partial charge in [-0.2, -0.15) is 0 Å². The minimum absolute atomic E-state index is 0.343. The van der Waals surface area contributed by atoms with Crippen molar-refractivity contribution < 1.29 is 13.6 Å². The zero-order chi connectivity index (χ0) is 17.4. The molecule has 2 rings (SSSR count). The van der Waals surface area contributed by atoms with E-state index in [0.717, 1.165) is 11.1 Å². The SMILES string of the molecule is CCO[P@](=O)(OCCN(C)C)C(c1ccccc1)c1ccccc1. The maximum absolute atomic E-state index is 13.6. The van der Waals surface area contributed by atoms with E-state index < -0.39 is 13.3 Å². The van der Waals surface area contributed by atoms with Crippen LogP contribution in [0.2, 0.25) is 0 Å². The minimum atomic E-state index is -3.36. The largest absolute Gasteiger partial charge is 0.342 e. The van der Waals surface area contributed by atoms with Gasteiger partial charge in [-0.1, -0.05) is 60.7 Å². The van der Waals surface area contributed by atoms with Crippen LogP contribution in [0, 0.1) is 0 Å². The Morgan fingerprint density at radius 3 is 1.83 bits per heavy atom. The molecular weight excluding hydrogens is 321 g/mol. The van der Waals surface area contributed by atoms with Crippen molar-refractivity contribution in [3.63, 3.8) is 0 Å². The summed E-state index contributed by atoms with van der Waals surface area (Å²) in [5.74, 6) is 0. The highest BCUT2D eigenvalue weighted by molar-refractivity contribution is 7.54. The second-order valence-corrected chi connectivity index (χ2v) is 7.93. The van der Waals surface area contributed by atoms with E-state index in [-0.39, 0.29) is 0 Å². The fraction of sp³-hybridized carbons (Fsp3) is 0.368. The number of benzene rings is 2. The Morgan fingerprint density at radius 2 is 1.42 bits per heavy atom. The van der Waals surface area contributed by atoms with E-state index in [2.05, 4.69) is 0 Å². The fourth-order valence-electron chi connectivity index (χ4n) is 2.55. The van der Waals surface area contributed by atoms with E-state index in [4.69, 9.17) is 9.05 Å². The molecular formula is C19H26NO3P. The van der Waals surface area contributed by atoms with E-state index in [0.29, 0.717) is 19.8 Å². The molecule has 0 bridgehead atoms. The highest BCUT2D eigenvalue weighted by atomic mass is 31.2. The van der Waals surface area contributed by atoms with Crippen LogP contribution in [0.25, 0.3) is 0 Å². The summed E-state index contributed by atoms with van der Waals surface area (Å²) in [7, 11) is 0.562. The van der Waals surface area contributed by atoms with Crippen LogP contribution in [-0.4, -0.2) is 38.8 Å². The molecule has 2 aromatic carbocycles. The van der Waals surface area contributed by atoms with Gasteiger partial charge < -0.3 is 13.9 Å². The quantitative estimate of drug-likeness (QED) is 0.622. The van der Waals surface area contributed by atoms with Gasteiger partial charge in [0.1, 0.15) is 5.66 Å². The monoisotopic (exact) mass is 347 g/mol. The van der Waals surface area contributed by atoms with Crippen LogP contribution in [0.1, 0.15) is 23.7 Å². The van der Waals surface area contributed by atoms with Crippen molar-refractivity contribution in [2.45, 2.75) is 12.6 Å². The number of hydrogen-bond donors (Lipinski definition) is 0. The topological polar surface area (TPSA) is 38.8 Å². The zero-order valence-electron chi connectivity index (χ0n) is 14.6. The average Bonchev–Trinajstić information content (AvgIpc) is 2.57. The van der Waals surface area contributed by atoms with Crippen molar-refractivity contribution >= 4 is 7.60 Å². The summed E-state index contributed by atoms with van der Waals surface area (Å²) in [5, 5.41) is 0. The van der Waals surface area contributed by atoms with Gasteiger partial charge in [0.15, 0.2) is 0 Å². The van der Waals surface area contributed by atoms with Crippen LogP contribution in [0.3, 0.4) is 0 Å². The number of rotatable bonds is 9. The van der Waals surface area contributed by atoms with Gasteiger partial charge in [0, 0.05) is 6.54 Å². The van der Waals surface area contributed by atoms with Gasteiger partial charge in [-0.25, -0.2) is 0 Å².